The van der Waals surface area contributed by atoms with E-state index in [0.29, 0.717) is 11.5 Å². The minimum absolute atomic E-state index is 0.305. The number of hydrogen-bond donors (Lipinski definition) is 1. The fourth-order valence-corrected chi connectivity index (χ4v) is 3.17. The maximum atomic E-state index is 13.4. The van der Waals surface area contributed by atoms with Crippen LogP contribution in [0.4, 0.5) is 8.78 Å². The highest BCUT2D eigenvalue weighted by Crippen LogP contribution is 2.33. The van der Waals surface area contributed by atoms with Crippen LogP contribution >= 0.6 is 11.8 Å². The highest BCUT2D eigenvalue weighted by atomic mass is 32.2. The molecule has 2 atom stereocenters. The first-order valence-electron chi connectivity index (χ1n) is 4.97. The molecule has 0 aromatic heterocycles. The first-order valence-corrected chi connectivity index (χ1v) is 6.12. The van der Waals surface area contributed by atoms with Crippen LogP contribution in [0.5, 0.6) is 0 Å². The Hall–Kier alpha value is -0.610. The Kier molecular flexibility index (Phi) is 3.26. The van der Waals surface area contributed by atoms with Crippen LogP contribution in [0.15, 0.2) is 18.2 Å². The van der Waals surface area contributed by atoms with E-state index in [0.717, 1.165) is 24.0 Å². The molecule has 1 heterocycles. The Balaban J connectivity index is 2.20. The molecule has 0 aliphatic carbocycles. The molecule has 0 radical (unpaired) electrons. The second-order valence-electron chi connectivity index (χ2n) is 3.82. The van der Waals surface area contributed by atoms with Gasteiger partial charge in [0.15, 0.2) is 0 Å². The van der Waals surface area contributed by atoms with Crippen LogP contribution in [0.1, 0.15) is 18.0 Å². The highest BCUT2D eigenvalue weighted by Gasteiger charge is 2.25. The summed E-state index contributed by atoms with van der Waals surface area (Å²) in [5.74, 6) is 1.29. The van der Waals surface area contributed by atoms with Gasteiger partial charge in [-0.1, -0.05) is 6.07 Å². The van der Waals surface area contributed by atoms with E-state index in [1.807, 2.05) is 11.8 Å². The van der Waals surface area contributed by atoms with Gasteiger partial charge in [0.25, 0.3) is 0 Å². The lowest BCUT2D eigenvalue weighted by Gasteiger charge is -2.19. The normalized spacial score (nSPS) is 23.0. The molecule has 1 fully saturated rings. The van der Waals surface area contributed by atoms with Gasteiger partial charge in [-0.2, -0.15) is 11.8 Å². The molecular weight excluding hydrogens is 216 g/mol. The van der Waals surface area contributed by atoms with Gasteiger partial charge in [-0.25, -0.2) is 8.78 Å². The van der Waals surface area contributed by atoms with Gasteiger partial charge in [0.2, 0.25) is 0 Å². The van der Waals surface area contributed by atoms with Crippen LogP contribution in [-0.2, 0) is 0 Å². The first-order chi connectivity index (χ1) is 7.18. The molecule has 2 rings (SSSR count). The summed E-state index contributed by atoms with van der Waals surface area (Å²) in [7, 11) is 0. The number of rotatable bonds is 2. The third-order valence-electron chi connectivity index (χ3n) is 2.79. The maximum Gasteiger partial charge on any atom is 0.130 e. The van der Waals surface area contributed by atoms with Crippen LogP contribution in [0.3, 0.4) is 0 Å². The van der Waals surface area contributed by atoms with Gasteiger partial charge in [-0.05, 0) is 29.9 Å². The Morgan fingerprint density at radius 2 is 2.20 bits per heavy atom. The molecule has 0 bridgehead atoms. The van der Waals surface area contributed by atoms with E-state index in [-0.39, 0.29) is 6.04 Å². The second-order valence-corrected chi connectivity index (χ2v) is 4.97. The summed E-state index contributed by atoms with van der Waals surface area (Å²) in [6.45, 7) is 0. The lowest BCUT2D eigenvalue weighted by molar-refractivity contribution is 0.457. The lowest BCUT2D eigenvalue weighted by atomic mass is 9.93. The van der Waals surface area contributed by atoms with Gasteiger partial charge in [0.1, 0.15) is 11.6 Å². The maximum absolute atomic E-state index is 13.4. The number of nitrogens with two attached hydrogens (primary N) is 1. The van der Waals surface area contributed by atoms with E-state index in [2.05, 4.69) is 0 Å². The molecule has 15 heavy (non-hydrogen) atoms. The van der Waals surface area contributed by atoms with Gasteiger partial charge in [-0.3, -0.25) is 0 Å². The molecule has 2 unspecified atom stereocenters. The van der Waals surface area contributed by atoms with E-state index in [1.54, 1.807) is 0 Å². The van der Waals surface area contributed by atoms with Gasteiger partial charge in [0.05, 0.1) is 0 Å². The molecule has 82 valence electrons. The van der Waals surface area contributed by atoms with E-state index in [4.69, 9.17) is 5.73 Å². The number of hydrogen-bond acceptors (Lipinski definition) is 2. The van der Waals surface area contributed by atoms with Crippen molar-refractivity contribution in [2.75, 3.05) is 11.5 Å². The SMILES string of the molecule is NC(c1ccc(F)cc1F)C1CCSC1. The predicted octanol–water partition coefficient (Wildman–Crippen LogP) is 2.72. The predicted molar refractivity (Wildman–Crippen MR) is 58.7 cm³/mol. The van der Waals surface area contributed by atoms with Crippen LogP contribution in [0.25, 0.3) is 0 Å². The zero-order valence-electron chi connectivity index (χ0n) is 8.25. The molecule has 1 aromatic rings. The number of halogens is 2. The highest BCUT2D eigenvalue weighted by molar-refractivity contribution is 7.99. The van der Waals surface area contributed by atoms with Crippen LogP contribution in [-0.4, -0.2) is 11.5 Å². The van der Waals surface area contributed by atoms with Crippen molar-refractivity contribution < 1.29 is 8.78 Å². The fourth-order valence-electron chi connectivity index (χ4n) is 1.86. The van der Waals surface area contributed by atoms with Crippen LogP contribution in [0, 0.1) is 17.6 Å². The molecule has 0 amide bonds. The first kappa shape index (κ1) is 10.9. The van der Waals surface area contributed by atoms with E-state index >= 15 is 0 Å². The van der Waals surface area contributed by atoms with Gasteiger partial charge in [-0.15, -0.1) is 0 Å². The number of benzene rings is 1. The van der Waals surface area contributed by atoms with Crippen molar-refractivity contribution in [3.05, 3.63) is 35.4 Å². The summed E-state index contributed by atoms with van der Waals surface area (Å²) in [5, 5.41) is 0. The molecule has 2 N–H and O–H groups in total. The minimum atomic E-state index is -0.552. The third-order valence-corrected chi connectivity index (χ3v) is 3.98. The van der Waals surface area contributed by atoms with Crippen molar-refractivity contribution in [3.8, 4) is 0 Å². The summed E-state index contributed by atoms with van der Waals surface area (Å²) in [4.78, 5) is 0. The van der Waals surface area contributed by atoms with Crippen molar-refractivity contribution in [1.29, 1.82) is 0 Å². The Morgan fingerprint density at radius 1 is 1.40 bits per heavy atom. The third kappa shape index (κ3) is 2.32. The molecule has 0 spiro atoms. The molecule has 1 aliphatic rings. The summed E-state index contributed by atoms with van der Waals surface area (Å²) >= 11 is 1.84. The molecule has 0 saturated carbocycles. The molecular formula is C11H13F2NS. The molecule has 1 aromatic carbocycles. The van der Waals surface area contributed by atoms with Crippen molar-refractivity contribution in [1.82, 2.24) is 0 Å². The zero-order chi connectivity index (χ0) is 10.8. The quantitative estimate of drug-likeness (QED) is 0.843. The molecule has 1 nitrogen and oxygen atoms in total. The standard InChI is InChI=1S/C11H13F2NS/c12-8-1-2-9(10(13)5-8)11(14)7-3-4-15-6-7/h1-2,5,7,11H,3-4,6,14H2. The van der Waals surface area contributed by atoms with Crippen molar-refractivity contribution in [2.24, 2.45) is 11.7 Å². The largest absolute Gasteiger partial charge is 0.324 e. The second kappa shape index (κ2) is 4.49. The fraction of sp³-hybridized carbons (Fsp3) is 0.455. The zero-order valence-corrected chi connectivity index (χ0v) is 9.07. The van der Waals surface area contributed by atoms with E-state index < -0.39 is 11.6 Å². The molecule has 1 saturated heterocycles. The molecule has 4 heteroatoms. The molecule has 1 aliphatic heterocycles. The van der Waals surface area contributed by atoms with E-state index in [1.165, 1.54) is 12.1 Å². The summed E-state index contributed by atoms with van der Waals surface area (Å²) < 4.78 is 26.1. The smallest absolute Gasteiger partial charge is 0.130 e. The van der Waals surface area contributed by atoms with Crippen LogP contribution < -0.4 is 5.73 Å². The number of thioether (sulfide) groups is 1. The van der Waals surface area contributed by atoms with Crippen molar-refractivity contribution in [2.45, 2.75) is 12.5 Å². The van der Waals surface area contributed by atoms with Crippen molar-refractivity contribution in [3.63, 3.8) is 0 Å². The van der Waals surface area contributed by atoms with Crippen molar-refractivity contribution >= 4 is 11.8 Å². The topological polar surface area (TPSA) is 26.0 Å². The lowest BCUT2D eigenvalue weighted by Crippen LogP contribution is -2.22. The van der Waals surface area contributed by atoms with Gasteiger partial charge < -0.3 is 5.73 Å². The Bertz CT molecular complexity index is 350. The average molecular weight is 229 g/mol. The van der Waals surface area contributed by atoms with Crippen LogP contribution in [0.2, 0.25) is 0 Å². The summed E-state index contributed by atoms with van der Waals surface area (Å²) in [6, 6.07) is 3.32. The Labute approximate surface area is 92.0 Å². The average Bonchev–Trinajstić information content (AvgIpc) is 2.69. The van der Waals surface area contributed by atoms with E-state index in [9.17, 15) is 8.78 Å². The van der Waals surface area contributed by atoms with Gasteiger partial charge in [0, 0.05) is 17.7 Å². The van der Waals surface area contributed by atoms with Gasteiger partial charge >= 0.3 is 0 Å². The summed E-state index contributed by atoms with van der Waals surface area (Å²) in [6.07, 6.45) is 1.02. The summed E-state index contributed by atoms with van der Waals surface area (Å²) in [5.41, 5.74) is 6.41. The minimum Gasteiger partial charge on any atom is -0.324 e. The monoisotopic (exact) mass is 229 g/mol. The Morgan fingerprint density at radius 3 is 2.80 bits per heavy atom.